The lowest BCUT2D eigenvalue weighted by atomic mass is 9.33. The van der Waals surface area contributed by atoms with E-state index in [1.54, 1.807) is 0 Å². The summed E-state index contributed by atoms with van der Waals surface area (Å²) in [6.45, 7) is 7.15. The molecule has 0 radical (unpaired) electrons. The van der Waals surface area contributed by atoms with Gasteiger partial charge in [-0.05, 0) is 80.0 Å². The van der Waals surface area contributed by atoms with E-state index >= 15 is 9.59 Å². The largest absolute Gasteiger partial charge is 0.432 e. The summed E-state index contributed by atoms with van der Waals surface area (Å²) in [7, 11) is 0. The van der Waals surface area contributed by atoms with Gasteiger partial charge in [-0.25, -0.2) is 0 Å². The minimum atomic E-state index is -2.08. The lowest BCUT2D eigenvalue weighted by Gasteiger charge is -2.71. The van der Waals surface area contributed by atoms with Crippen LogP contribution in [0.4, 0.5) is 0 Å². The quantitative estimate of drug-likeness (QED) is 0.0335. The van der Waals surface area contributed by atoms with Gasteiger partial charge in [0.1, 0.15) is 90.4 Å². The van der Waals surface area contributed by atoms with Gasteiger partial charge in [0.15, 0.2) is 37.0 Å². The molecule has 5 saturated heterocycles. The summed E-state index contributed by atoms with van der Waals surface area (Å²) >= 11 is 0. The van der Waals surface area contributed by atoms with Crippen LogP contribution < -0.4 is 0 Å². The number of Topliss-reactive ketones (excluding diaryl/α,β-unsaturated/α-hetero) is 1. The first-order valence-electron chi connectivity index (χ1n) is 29.7. The molecule has 10 rings (SSSR count). The third kappa shape index (κ3) is 10.5. The lowest BCUT2D eigenvalue weighted by Crippen LogP contribution is -2.71. The summed E-state index contributed by atoms with van der Waals surface area (Å²) in [5.74, 6) is -2.91. The predicted molar refractivity (Wildman–Crippen MR) is 281 cm³/mol. The average Bonchev–Trinajstić information content (AvgIpc) is 0.951. The summed E-state index contributed by atoms with van der Waals surface area (Å²) in [6, 6.07) is 0. The number of rotatable bonds is 14. The maximum absolute atomic E-state index is 15.6. The first-order chi connectivity index (χ1) is 39.9. The van der Waals surface area contributed by atoms with Crippen LogP contribution in [0.1, 0.15) is 92.9 Å². The molecule has 30 unspecified atom stereocenters. The molecule has 9 fully saturated rings. The van der Waals surface area contributed by atoms with Gasteiger partial charge in [0.25, 0.3) is 0 Å². The van der Waals surface area contributed by atoms with E-state index in [1.807, 2.05) is 13.8 Å². The number of aliphatic hydroxyl groups is 16. The van der Waals surface area contributed by atoms with Crippen molar-refractivity contribution in [2.75, 3.05) is 46.2 Å². The van der Waals surface area contributed by atoms with Crippen molar-refractivity contribution in [1.29, 1.82) is 0 Å². The van der Waals surface area contributed by atoms with E-state index in [4.69, 9.17) is 47.4 Å². The van der Waals surface area contributed by atoms with E-state index in [0.29, 0.717) is 32.1 Å². The fourth-order valence-corrected chi connectivity index (χ4v) is 17.2. The highest BCUT2D eigenvalue weighted by atomic mass is 16.8. The molecule has 10 aliphatic rings. The maximum atomic E-state index is 15.6. The smallest absolute Gasteiger partial charge is 0.322 e. The van der Waals surface area contributed by atoms with Crippen molar-refractivity contribution in [3.8, 4) is 0 Å². The third-order valence-electron chi connectivity index (χ3n) is 22.4. The van der Waals surface area contributed by atoms with Crippen molar-refractivity contribution in [3.63, 3.8) is 0 Å². The predicted octanol–water partition coefficient (Wildman–Crippen LogP) is -5.17. The van der Waals surface area contributed by atoms with Crippen LogP contribution in [0.2, 0.25) is 0 Å². The maximum Gasteiger partial charge on any atom is 0.322 e. The highest BCUT2D eigenvalue weighted by molar-refractivity contribution is 6.06. The van der Waals surface area contributed by atoms with Crippen LogP contribution in [0.25, 0.3) is 0 Å². The van der Waals surface area contributed by atoms with Gasteiger partial charge in [0.05, 0.1) is 64.6 Å². The number of ketones is 1. The number of aliphatic hydroxyl groups excluding tert-OH is 15. The highest BCUT2D eigenvalue weighted by Crippen LogP contribution is 2.75. The fourth-order valence-electron chi connectivity index (χ4n) is 17.2. The van der Waals surface area contributed by atoms with Crippen molar-refractivity contribution >= 4 is 11.8 Å². The minimum Gasteiger partial charge on any atom is -0.432 e. The Bertz CT molecular complexity index is 2430. The Hall–Kier alpha value is -2.12. The number of carbonyl (C=O) groups excluding carboxylic acids is 2. The minimum absolute atomic E-state index is 0.0703. The first kappa shape index (κ1) is 65.8. The average molecular weight is 1220 g/mol. The SMILES string of the molecule is CC1OC(OC2C(OC(=O)C34CCC(C)(C)CC3C3=CCC5C6(C)CC(O)C(OC7OC(CO)C(O)C(O)C7O)C(CO)(CO)C6CCC5(C)C3(C)CC4=O)OCC(O)C2O)C(O)C(O)C1OC1OCC(O)C(OC2OCC(O)(CO)C2O)C1O. The van der Waals surface area contributed by atoms with E-state index in [9.17, 15) is 81.7 Å². The number of carbonyl (C=O) groups is 2. The van der Waals surface area contributed by atoms with Crippen LogP contribution in [0.15, 0.2) is 11.6 Å². The van der Waals surface area contributed by atoms with Crippen LogP contribution in [0.5, 0.6) is 0 Å². The number of ether oxygens (including phenoxy) is 10. The Morgan fingerprint density at radius 2 is 1.26 bits per heavy atom. The lowest BCUT2D eigenvalue weighted by molar-refractivity contribution is -0.372. The molecule has 28 nitrogen and oxygen atoms in total. The molecular weight excluding hydrogens is 1130 g/mol. The molecule has 5 heterocycles. The molecule has 486 valence electrons. The van der Waals surface area contributed by atoms with Gasteiger partial charge in [-0.15, -0.1) is 0 Å². The van der Waals surface area contributed by atoms with Crippen molar-refractivity contribution in [2.24, 2.45) is 50.2 Å². The molecule has 85 heavy (non-hydrogen) atoms. The molecule has 16 N–H and O–H groups in total. The number of esters is 1. The summed E-state index contributed by atoms with van der Waals surface area (Å²) in [6.07, 6.45) is -32.3. The first-order valence-corrected chi connectivity index (χ1v) is 29.7. The van der Waals surface area contributed by atoms with E-state index in [0.717, 1.165) is 5.57 Å². The Balaban J connectivity index is 0.865. The van der Waals surface area contributed by atoms with Crippen LogP contribution in [0, 0.1) is 50.2 Å². The number of allylic oxidation sites excluding steroid dienone is 2. The second kappa shape index (κ2) is 23.8. The normalized spacial score (nSPS) is 53.1. The molecule has 0 aromatic carbocycles. The fraction of sp³-hybridized carbons (Fsp3) is 0.930. The molecule has 28 heteroatoms. The molecule has 0 aromatic heterocycles. The van der Waals surface area contributed by atoms with Gasteiger partial charge in [-0.2, -0.15) is 0 Å². The molecule has 0 spiro atoms. The zero-order valence-corrected chi connectivity index (χ0v) is 48.7. The summed E-state index contributed by atoms with van der Waals surface area (Å²) in [5.41, 5.74) is -7.37. The highest BCUT2D eigenvalue weighted by Gasteiger charge is 2.74. The van der Waals surface area contributed by atoms with Crippen molar-refractivity contribution < 1.29 is 139 Å². The molecule has 0 bridgehead atoms. The van der Waals surface area contributed by atoms with Gasteiger partial charge in [0.2, 0.25) is 6.29 Å². The standard InChI is InChI=1S/C57H90O28/c1-23-40(81-45-39(72)41(28(64)18-76-45)82-49-43(73)56(75,21-61)22-78-49)36(69)38(71)46(79-23)83-42-33(66)27(63)17-77-48(42)85-50(74)57-12-11-51(2,3)13-25(57)24-7-8-30-52(4)14-26(62)44(84-47-37(70)35(68)34(67)29(16-58)80-47)55(19-59,20-60)31(52)9-10-53(30,5)54(24,6)15-32(57)65/h7,23,25-31,33-49,58-64,66-73,75H,8-22H2,1-6H3. The summed E-state index contributed by atoms with van der Waals surface area (Å²) in [4.78, 5) is 31.0. The van der Waals surface area contributed by atoms with Gasteiger partial charge in [-0.3, -0.25) is 9.59 Å². The number of hydrogen-bond acceptors (Lipinski definition) is 28. The topological polar surface area (TPSA) is 450 Å². The third-order valence-corrected chi connectivity index (χ3v) is 22.4. The molecule has 5 aliphatic heterocycles. The second-order valence-corrected chi connectivity index (χ2v) is 27.7. The summed E-state index contributed by atoms with van der Waals surface area (Å²) < 4.78 is 58.3. The van der Waals surface area contributed by atoms with E-state index in [1.165, 1.54) is 6.92 Å². The van der Waals surface area contributed by atoms with Crippen molar-refractivity contribution in [1.82, 2.24) is 0 Å². The Kier molecular flexibility index (Phi) is 18.5. The molecule has 5 aliphatic carbocycles. The second-order valence-electron chi connectivity index (χ2n) is 27.7. The van der Waals surface area contributed by atoms with E-state index in [2.05, 4.69) is 26.8 Å². The van der Waals surface area contributed by atoms with Crippen molar-refractivity contribution in [2.45, 2.75) is 234 Å². The Morgan fingerprint density at radius 3 is 1.92 bits per heavy atom. The van der Waals surface area contributed by atoms with Gasteiger partial charge >= 0.3 is 5.97 Å². The van der Waals surface area contributed by atoms with Crippen LogP contribution in [-0.4, -0.2) is 281 Å². The molecular formula is C57H90O28. The molecule has 0 aromatic rings. The molecule has 0 amide bonds. The van der Waals surface area contributed by atoms with E-state index in [-0.39, 0.29) is 30.6 Å². The monoisotopic (exact) mass is 1220 g/mol. The zero-order valence-electron chi connectivity index (χ0n) is 48.7. The van der Waals surface area contributed by atoms with Crippen molar-refractivity contribution in [3.05, 3.63) is 11.6 Å². The molecule has 4 saturated carbocycles. The van der Waals surface area contributed by atoms with Gasteiger partial charge < -0.3 is 129 Å². The van der Waals surface area contributed by atoms with Gasteiger partial charge in [0, 0.05) is 23.2 Å². The van der Waals surface area contributed by atoms with Gasteiger partial charge in [-0.1, -0.05) is 46.3 Å². The van der Waals surface area contributed by atoms with Crippen LogP contribution in [-0.2, 0) is 57.0 Å². The number of hydrogen-bond donors (Lipinski definition) is 16. The molecule has 30 atom stereocenters. The van der Waals surface area contributed by atoms with Crippen LogP contribution >= 0.6 is 0 Å². The summed E-state index contributed by atoms with van der Waals surface area (Å²) in [5, 5.41) is 175. The Labute approximate surface area is 491 Å². The number of fused-ring (bicyclic) bond motifs is 7. The zero-order chi connectivity index (χ0) is 62.1. The Morgan fingerprint density at radius 1 is 0.624 bits per heavy atom. The van der Waals surface area contributed by atoms with Crippen LogP contribution in [0.3, 0.4) is 0 Å². The van der Waals surface area contributed by atoms with E-state index < -0.39 is 238 Å².